The summed E-state index contributed by atoms with van der Waals surface area (Å²) in [6, 6.07) is 0. The van der Waals surface area contributed by atoms with Crippen LogP contribution < -0.4 is 5.32 Å². The van der Waals surface area contributed by atoms with Crippen molar-refractivity contribution in [1.29, 1.82) is 0 Å². The van der Waals surface area contributed by atoms with Crippen molar-refractivity contribution in [2.75, 3.05) is 20.8 Å². The predicted octanol–water partition coefficient (Wildman–Crippen LogP) is 1.62. The number of nitrogens with one attached hydrogen (secondary N) is 1. The van der Waals surface area contributed by atoms with Crippen molar-refractivity contribution in [1.82, 2.24) is 20.3 Å². The van der Waals surface area contributed by atoms with E-state index in [1.165, 1.54) is 12.1 Å². The Balaban J connectivity index is 2.68. The van der Waals surface area contributed by atoms with E-state index in [0.717, 1.165) is 38.2 Å². The molecule has 0 aliphatic carbocycles. The zero-order chi connectivity index (χ0) is 13.4. The SMILES string of the molecule is CNCc1nnn(CCCOC)c1CCC(C)C. The van der Waals surface area contributed by atoms with Gasteiger partial charge in [0.25, 0.3) is 0 Å². The number of aromatic nitrogens is 3. The molecule has 5 heteroatoms. The maximum atomic E-state index is 5.08. The molecular weight excluding hydrogens is 228 g/mol. The summed E-state index contributed by atoms with van der Waals surface area (Å²) in [5.74, 6) is 0.703. The van der Waals surface area contributed by atoms with Crippen LogP contribution in [-0.2, 0) is 24.2 Å². The minimum absolute atomic E-state index is 0.703. The minimum atomic E-state index is 0.703. The number of hydrogen-bond acceptors (Lipinski definition) is 4. The van der Waals surface area contributed by atoms with Crippen molar-refractivity contribution in [2.24, 2.45) is 5.92 Å². The van der Waals surface area contributed by atoms with Gasteiger partial charge in [-0.05, 0) is 32.2 Å². The van der Waals surface area contributed by atoms with Crippen LogP contribution in [-0.4, -0.2) is 35.8 Å². The third kappa shape index (κ3) is 4.74. The first-order chi connectivity index (χ1) is 8.69. The lowest BCUT2D eigenvalue weighted by Gasteiger charge is -2.09. The molecule has 1 aromatic heterocycles. The number of aryl methyl sites for hydroxylation is 1. The van der Waals surface area contributed by atoms with Crippen LogP contribution in [0.4, 0.5) is 0 Å². The molecule has 1 heterocycles. The summed E-state index contributed by atoms with van der Waals surface area (Å²) < 4.78 is 7.12. The molecule has 0 saturated heterocycles. The quantitative estimate of drug-likeness (QED) is 0.680. The first kappa shape index (κ1) is 15.1. The monoisotopic (exact) mass is 254 g/mol. The van der Waals surface area contributed by atoms with Crippen molar-refractivity contribution in [3.63, 3.8) is 0 Å². The molecule has 0 atom stereocenters. The molecule has 0 fully saturated rings. The Bertz CT molecular complexity index is 336. The fraction of sp³-hybridized carbons (Fsp3) is 0.846. The number of nitrogens with zero attached hydrogens (tertiary/aromatic N) is 3. The Kier molecular flexibility index (Phi) is 6.90. The fourth-order valence-corrected chi connectivity index (χ4v) is 1.91. The molecule has 104 valence electrons. The summed E-state index contributed by atoms with van der Waals surface area (Å²) in [5, 5.41) is 11.7. The highest BCUT2D eigenvalue weighted by atomic mass is 16.5. The van der Waals surface area contributed by atoms with E-state index in [9.17, 15) is 0 Å². The molecular formula is C13H26N4O. The van der Waals surface area contributed by atoms with Gasteiger partial charge < -0.3 is 10.1 Å². The van der Waals surface area contributed by atoms with Gasteiger partial charge in [0.1, 0.15) is 0 Å². The molecule has 0 amide bonds. The van der Waals surface area contributed by atoms with Crippen LogP contribution in [0.2, 0.25) is 0 Å². The van der Waals surface area contributed by atoms with E-state index in [0.29, 0.717) is 5.92 Å². The lowest BCUT2D eigenvalue weighted by molar-refractivity contribution is 0.188. The van der Waals surface area contributed by atoms with E-state index in [-0.39, 0.29) is 0 Å². The van der Waals surface area contributed by atoms with Crippen LogP contribution in [0.5, 0.6) is 0 Å². The summed E-state index contributed by atoms with van der Waals surface area (Å²) >= 11 is 0. The molecule has 0 aromatic carbocycles. The van der Waals surface area contributed by atoms with E-state index in [4.69, 9.17) is 4.74 Å². The number of rotatable bonds is 9. The molecule has 0 aliphatic rings. The Morgan fingerprint density at radius 1 is 1.39 bits per heavy atom. The number of ether oxygens (including phenoxy) is 1. The Morgan fingerprint density at radius 2 is 2.17 bits per heavy atom. The largest absolute Gasteiger partial charge is 0.385 e. The van der Waals surface area contributed by atoms with Crippen LogP contribution in [0.25, 0.3) is 0 Å². The van der Waals surface area contributed by atoms with Gasteiger partial charge in [-0.3, -0.25) is 0 Å². The molecule has 1 N–H and O–H groups in total. The molecule has 0 aliphatic heterocycles. The highest BCUT2D eigenvalue weighted by molar-refractivity contribution is 5.10. The van der Waals surface area contributed by atoms with Gasteiger partial charge in [0.15, 0.2) is 0 Å². The predicted molar refractivity (Wildman–Crippen MR) is 72.4 cm³/mol. The first-order valence-electron chi connectivity index (χ1n) is 6.73. The van der Waals surface area contributed by atoms with E-state index >= 15 is 0 Å². The average Bonchev–Trinajstić information content (AvgIpc) is 2.70. The lowest BCUT2D eigenvalue weighted by Crippen LogP contribution is -2.12. The molecule has 0 bridgehead atoms. The summed E-state index contributed by atoms with van der Waals surface area (Å²) in [5.41, 5.74) is 2.35. The minimum Gasteiger partial charge on any atom is -0.385 e. The maximum absolute atomic E-state index is 5.08. The van der Waals surface area contributed by atoms with Crippen molar-refractivity contribution in [3.05, 3.63) is 11.4 Å². The second-order valence-corrected chi connectivity index (χ2v) is 5.02. The molecule has 0 unspecified atom stereocenters. The summed E-state index contributed by atoms with van der Waals surface area (Å²) in [6.07, 6.45) is 3.20. The topological polar surface area (TPSA) is 52.0 Å². The first-order valence-corrected chi connectivity index (χ1v) is 6.73. The van der Waals surface area contributed by atoms with Crippen molar-refractivity contribution >= 4 is 0 Å². The van der Waals surface area contributed by atoms with Crippen LogP contribution in [0.3, 0.4) is 0 Å². The standard InChI is InChI=1S/C13H26N4O/c1-11(2)6-7-13-12(10-14-3)15-16-17(13)8-5-9-18-4/h11,14H,5-10H2,1-4H3. The van der Waals surface area contributed by atoms with Gasteiger partial charge in [0.05, 0.1) is 11.4 Å². The van der Waals surface area contributed by atoms with Gasteiger partial charge in [-0.1, -0.05) is 19.1 Å². The normalized spacial score (nSPS) is 11.4. The second kappa shape index (κ2) is 8.21. The van der Waals surface area contributed by atoms with E-state index in [2.05, 4.69) is 29.5 Å². The van der Waals surface area contributed by atoms with E-state index < -0.39 is 0 Å². The van der Waals surface area contributed by atoms with Crippen molar-refractivity contribution in [3.8, 4) is 0 Å². The van der Waals surface area contributed by atoms with Gasteiger partial charge in [-0.25, -0.2) is 4.68 Å². The molecule has 0 saturated carbocycles. The fourth-order valence-electron chi connectivity index (χ4n) is 1.91. The Morgan fingerprint density at radius 3 is 2.78 bits per heavy atom. The van der Waals surface area contributed by atoms with Gasteiger partial charge in [-0.15, -0.1) is 5.10 Å². The Hall–Kier alpha value is -0.940. The zero-order valence-corrected chi connectivity index (χ0v) is 12.1. The van der Waals surface area contributed by atoms with Crippen LogP contribution in [0.1, 0.15) is 38.1 Å². The number of hydrogen-bond donors (Lipinski definition) is 1. The molecule has 1 aromatic rings. The third-order valence-corrected chi connectivity index (χ3v) is 2.94. The van der Waals surface area contributed by atoms with Crippen molar-refractivity contribution in [2.45, 2.75) is 46.2 Å². The van der Waals surface area contributed by atoms with E-state index in [1.807, 2.05) is 11.7 Å². The summed E-state index contributed by atoms with van der Waals surface area (Å²) in [7, 11) is 3.67. The molecule has 0 radical (unpaired) electrons. The average molecular weight is 254 g/mol. The van der Waals surface area contributed by atoms with Crippen LogP contribution in [0.15, 0.2) is 0 Å². The van der Waals surface area contributed by atoms with Crippen LogP contribution >= 0.6 is 0 Å². The van der Waals surface area contributed by atoms with Gasteiger partial charge in [-0.2, -0.15) is 0 Å². The molecule has 1 rings (SSSR count). The maximum Gasteiger partial charge on any atom is 0.0996 e. The second-order valence-electron chi connectivity index (χ2n) is 5.02. The van der Waals surface area contributed by atoms with Gasteiger partial charge in [0, 0.05) is 26.8 Å². The zero-order valence-electron chi connectivity index (χ0n) is 12.1. The van der Waals surface area contributed by atoms with Gasteiger partial charge in [0.2, 0.25) is 0 Å². The lowest BCUT2D eigenvalue weighted by atomic mass is 10.1. The molecule has 18 heavy (non-hydrogen) atoms. The molecule has 5 nitrogen and oxygen atoms in total. The highest BCUT2D eigenvalue weighted by Gasteiger charge is 2.12. The highest BCUT2D eigenvalue weighted by Crippen LogP contribution is 2.12. The number of methoxy groups -OCH3 is 1. The summed E-state index contributed by atoms with van der Waals surface area (Å²) in [4.78, 5) is 0. The van der Waals surface area contributed by atoms with E-state index in [1.54, 1.807) is 7.11 Å². The summed E-state index contributed by atoms with van der Waals surface area (Å²) in [6.45, 7) is 6.94. The van der Waals surface area contributed by atoms with Crippen LogP contribution in [0, 0.1) is 5.92 Å². The smallest absolute Gasteiger partial charge is 0.0996 e. The molecule has 0 spiro atoms. The van der Waals surface area contributed by atoms with Gasteiger partial charge >= 0.3 is 0 Å². The third-order valence-electron chi connectivity index (χ3n) is 2.94. The Labute approximate surface area is 110 Å². The van der Waals surface area contributed by atoms with Crippen molar-refractivity contribution < 1.29 is 4.74 Å².